The standard InChI is InChI=1S/C17H18N2O2/c20-15-8-3-5-13-6-4-12-19(17(13)15)16(21)10-9-14-7-1-2-11-18-14/h1-3,5,7-8,11,20H,4,6,9-10,12H2. The molecule has 4 nitrogen and oxygen atoms in total. The summed E-state index contributed by atoms with van der Waals surface area (Å²) in [5, 5.41) is 10.1. The number of hydrogen-bond acceptors (Lipinski definition) is 3. The van der Waals surface area contributed by atoms with E-state index in [-0.39, 0.29) is 11.7 Å². The maximum Gasteiger partial charge on any atom is 0.227 e. The summed E-state index contributed by atoms with van der Waals surface area (Å²) in [7, 11) is 0. The van der Waals surface area contributed by atoms with E-state index in [0.29, 0.717) is 25.1 Å². The predicted octanol–water partition coefficient (Wildman–Crippen LogP) is 2.70. The van der Waals surface area contributed by atoms with E-state index in [4.69, 9.17) is 0 Å². The second kappa shape index (κ2) is 5.95. The minimum absolute atomic E-state index is 0.0445. The first-order valence-electron chi connectivity index (χ1n) is 7.27. The molecular formula is C17H18N2O2. The number of para-hydroxylation sites is 1. The lowest BCUT2D eigenvalue weighted by Gasteiger charge is -2.30. The minimum Gasteiger partial charge on any atom is -0.506 e. The maximum absolute atomic E-state index is 12.5. The first-order valence-corrected chi connectivity index (χ1v) is 7.27. The quantitative estimate of drug-likeness (QED) is 0.941. The number of carbonyl (C=O) groups is 1. The van der Waals surface area contributed by atoms with E-state index in [2.05, 4.69) is 4.98 Å². The van der Waals surface area contributed by atoms with Crippen molar-refractivity contribution in [2.24, 2.45) is 0 Å². The summed E-state index contributed by atoms with van der Waals surface area (Å²) in [6.07, 6.45) is 4.62. The Labute approximate surface area is 124 Å². The van der Waals surface area contributed by atoms with E-state index in [1.807, 2.05) is 30.3 Å². The molecule has 0 saturated heterocycles. The second-order valence-electron chi connectivity index (χ2n) is 5.25. The Kier molecular flexibility index (Phi) is 3.86. The van der Waals surface area contributed by atoms with E-state index in [0.717, 1.165) is 24.1 Å². The molecule has 1 aliphatic rings. The molecule has 3 rings (SSSR count). The topological polar surface area (TPSA) is 53.4 Å². The molecule has 1 aromatic carbocycles. The predicted molar refractivity (Wildman–Crippen MR) is 81.3 cm³/mol. The summed E-state index contributed by atoms with van der Waals surface area (Å²) >= 11 is 0. The van der Waals surface area contributed by atoms with Crippen LogP contribution in [-0.4, -0.2) is 22.5 Å². The first kappa shape index (κ1) is 13.6. The van der Waals surface area contributed by atoms with Crippen molar-refractivity contribution in [2.45, 2.75) is 25.7 Å². The summed E-state index contributed by atoms with van der Waals surface area (Å²) < 4.78 is 0. The van der Waals surface area contributed by atoms with Gasteiger partial charge in [0, 0.05) is 24.9 Å². The van der Waals surface area contributed by atoms with Gasteiger partial charge in [-0.2, -0.15) is 0 Å². The molecule has 1 aliphatic heterocycles. The Hall–Kier alpha value is -2.36. The zero-order valence-corrected chi connectivity index (χ0v) is 11.8. The lowest BCUT2D eigenvalue weighted by Crippen LogP contribution is -2.35. The van der Waals surface area contributed by atoms with Crippen molar-refractivity contribution in [2.75, 3.05) is 11.4 Å². The maximum atomic E-state index is 12.5. The van der Waals surface area contributed by atoms with Crippen LogP contribution in [0.25, 0.3) is 0 Å². The van der Waals surface area contributed by atoms with Gasteiger partial charge in [-0.15, -0.1) is 0 Å². The van der Waals surface area contributed by atoms with Gasteiger partial charge in [0.05, 0.1) is 5.69 Å². The summed E-state index contributed by atoms with van der Waals surface area (Å²) in [4.78, 5) is 18.4. The van der Waals surface area contributed by atoms with Gasteiger partial charge in [0.15, 0.2) is 0 Å². The Morgan fingerprint density at radius 2 is 2.14 bits per heavy atom. The molecule has 2 heterocycles. The van der Waals surface area contributed by atoms with Gasteiger partial charge >= 0.3 is 0 Å². The molecule has 4 heteroatoms. The van der Waals surface area contributed by atoms with Crippen molar-refractivity contribution in [1.29, 1.82) is 0 Å². The number of benzene rings is 1. The molecule has 0 atom stereocenters. The van der Waals surface area contributed by atoms with Gasteiger partial charge in [0.1, 0.15) is 5.75 Å². The highest BCUT2D eigenvalue weighted by Crippen LogP contribution is 2.35. The molecule has 0 bridgehead atoms. The van der Waals surface area contributed by atoms with Crippen LogP contribution in [0.3, 0.4) is 0 Å². The van der Waals surface area contributed by atoms with Crippen LogP contribution < -0.4 is 4.90 Å². The third-order valence-electron chi connectivity index (χ3n) is 3.82. The summed E-state index contributed by atoms with van der Waals surface area (Å²) in [6, 6.07) is 11.2. The van der Waals surface area contributed by atoms with Crippen LogP contribution in [0.15, 0.2) is 42.6 Å². The average Bonchev–Trinajstić information content (AvgIpc) is 2.53. The van der Waals surface area contributed by atoms with Crippen LogP contribution in [0.1, 0.15) is 24.1 Å². The summed E-state index contributed by atoms with van der Waals surface area (Å²) in [6.45, 7) is 0.672. The van der Waals surface area contributed by atoms with Crippen LogP contribution in [-0.2, 0) is 17.6 Å². The van der Waals surface area contributed by atoms with Crippen molar-refractivity contribution in [3.63, 3.8) is 0 Å². The average molecular weight is 282 g/mol. The Balaban J connectivity index is 1.75. The largest absolute Gasteiger partial charge is 0.506 e. The van der Waals surface area contributed by atoms with E-state index in [1.165, 1.54) is 0 Å². The number of amides is 1. The van der Waals surface area contributed by atoms with Gasteiger partial charge in [0.2, 0.25) is 5.91 Å². The Morgan fingerprint density at radius 3 is 2.95 bits per heavy atom. The normalized spacial score (nSPS) is 13.8. The van der Waals surface area contributed by atoms with Gasteiger partial charge in [-0.3, -0.25) is 9.78 Å². The highest BCUT2D eigenvalue weighted by molar-refractivity contribution is 5.96. The van der Waals surface area contributed by atoms with Crippen molar-refractivity contribution in [3.05, 3.63) is 53.9 Å². The molecule has 0 radical (unpaired) electrons. The molecule has 1 N–H and O–H groups in total. The fourth-order valence-electron chi connectivity index (χ4n) is 2.80. The number of pyridine rings is 1. The van der Waals surface area contributed by atoms with E-state index >= 15 is 0 Å². The van der Waals surface area contributed by atoms with Gasteiger partial charge in [-0.1, -0.05) is 18.2 Å². The second-order valence-corrected chi connectivity index (χ2v) is 5.25. The number of anilines is 1. The van der Waals surface area contributed by atoms with Gasteiger partial charge in [-0.25, -0.2) is 0 Å². The van der Waals surface area contributed by atoms with E-state index < -0.39 is 0 Å². The molecule has 21 heavy (non-hydrogen) atoms. The Bertz CT molecular complexity index is 640. The molecular weight excluding hydrogens is 264 g/mol. The van der Waals surface area contributed by atoms with Gasteiger partial charge in [-0.05, 0) is 43.0 Å². The number of rotatable bonds is 3. The molecule has 1 aromatic heterocycles. The highest BCUT2D eigenvalue weighted by Gasteiger charge is 2.24. The molecule has 108 valence electrons. The number of carbonyl (C=O) groups excluding carboxylic acids is 1. The van der Waals surface area contributed by atoms with Crippen LogP contribution in [0.5, 0.6) is 5.75 Å². The van der Waals surface area contributed by atoms with Crippen LogP contribution in [0.4, 0.5) is 5.69 Å². The van der Waals surface area contributed by atoms with Gasteiger partial charge < -0.3 is 10.0 Å². The number of phenolic OH excluding ortho intramolecular Hbond substituents is 1. The number of aromatic hydroxyl groups is 1. The fraction of sp³-hybridized carbons (Fsp3) is 0.294. The molecule has 1 amide bonds. The van der Waals surface area contributed by atoms with Gasteiger partial charge in [0.25, 0.3) is 0 Å². The first-order chi connectivity index (χ1) is 10.3. The molecule has 0 fully saturated rings. The molecule has 0 spiro atoms. The number of nitrogens with zero attached hydrogens (tertiary/aromatic N) is 2. The molecule has 2 aromatic rings. The van der Waals surface area contributed by atoms with Crippen molar-refractivity contribution >= 4 is 11.6 Å². The van der Waals surface area contributed by atoms with Crippen LogP contribution in [0, 0.1) is 0 Å². The van der Waals surface area contributed by atoms with Crippen molar-refractivity contribution < 1.29 is 9.90 Å². The summed E-state index contributed by atoms with van der Waals surface area (Å²) in [5.41, 5.74) is 2.66. The van der Waals surface area contributed by atoms with Crippen LogP contribution >= 0.6 is 0 Å². The number of fused-ring (bicyclic) bond motifs is 1. The lowest BCUT2D eigenvalue weighted by molar-refractivity contribution is -0.118. The van der Waals surface area contributed by atoms with E-state index in [1.54, 1.807) is 17.2 Å². The lowest BCUT2D eigenvalue weighted by atomic mass is 10.0. The third-order valence-corrected chi connectivity index (χ3v) is 3.82. The zero-order valence-electron chi connectivity index (χ0n) is 11.8. The minimum atomic E-state index is 0.0445. The smallest absolute Gasteiger partial charge is 0.227 e. The highest BCUT2D eigenvalue weighted by atomic mass is 16.3. The number of hydrogen-bond donors (Lipinski definition) is 1. The molecule has 0 unspecified atom stereocenters. The monoisotopic (exact) mass is 282 g/mol. The van der Waals surface area contributed by atoms with Crippen molar-refractivity contribution in [3.8, 4) is 5.75 Å². The number of phenols is 1. The fourth-order valence-corrected chi connectivity index (χ4v) is 2.80. The Morgan fingerprint density at radius 1 is 1.24 bits per heavy atom. The molecule has 0 saturated carbocycles. The number of aryl methyl sites for hydroxylation is 2. The van der Waals surface area contributed by atoms with E-state index in [9.17, 15) is 9.90 Å². The molecule has 0 aliphatic carbocycles. The van der Waals surface area contributed by atoms with Crippen LogP contribution in [0.2, 0.25) is 0 Å². The SMILES string of the molecule is O=C(CCc1ccccn1)N1CCCc2cccc(O)c21. The number of aromatic nitrogens is 1. The van der Waals surface area contributed by atoms with Crippen molar-refractivity contribution in [1.82, 2.24) is 4.98 Å². The third kappa shape index (κ3) is 2.89. The zero-order chi connectivity index (χ0) is 14.7. The summed E-state index contributed by atoms with van der Waals surface area (Å²) in [5.74, 6) is 0.237.